The topological polar surface area (TPSA) is 84.7 Å². The largest absolute Gasteiger partial charge is 0.444 e. The van der Waals surface area contributed by atoms with Crippen LogP contribution in [0.4, 0.5) is 16.2 Å². The van der Waals surface area contributed by atoms with E-state index < -0.39 is 11.7 Å². The van der Waals surface area contributed by atoms with E-state index in [1.54, 1.807) is 18.2 Å². The Bertz CT molecular complexity index is 583. The van der Waals surface area contributed by atoms with Crippen molar-refractivity contribution < 1.29 is 14.5 Å². The van der Waals surface area contributed by atoms with Gasteiger partial charge in [-0.1, -0.05) is 12.1 Å². The molecule has 1 amide bonds. The molecule has 1 aliphatic rings. The number of amides is 1. The molecule has 1 atom stereocenters. The van der Waals surface area contributed by atoms with Crippen molar-refractivity contribution in [3.8, 4) is 0 Å². The number of hydrogen-bond donors (Lipinski definition) is 1. The van der Waals surface area contributed by atoms with Crippen molar-refractivity contribution in [3.05, 3.63) is 34.4 Å². The number of carbonyl (C=O) groups is 1. The number of alkyl carbamates (subject to hydrolysis) is 1. The minimum absolute atomic E-state index is 0.0848. The molecule has 0 radical (unpaired) electrons. The molecule has 0 saturated carbocycles. The molecule has 7 heteroatoms. The molecule has 1 aromatic carbocycles. The molecule has 1 aliphatic heterocycles. The fraction of sp³-hybridized carbons (Fsp3) is 0.562. The van der Waals surface area contributed by atoms with Crippen molar-refractivity contribution in [2.75, 3.05) is 18.0 Å². The third kappa shape index (κ3) is 4.84. The summed E-state index contributed by atoms with van der Waals surface area (Å²) in [4.78, 5) is 24.6. The summed E-state index contributed by atoms with van der Waals surface area (Å²) in [5.74, 6) is 0. The number of nitro groups is 1. The number of carbonyl (C=O) groups excluding carboxylic acids is 1. The number of nitrogens with one attached hydrogen (secondary N) is 1. The monoisotopic (exact) mass is 321 g/mol. The van der Waals surface area contributed by atoms with Gasteiger partial charge in [-0.25, -0.2) is 4.79 Å². The van der Waals surface area contributed by atoms with Crippen LogP contribution in [0.1, 0.15) is 33.6 Å². The summed E-state index contributed by atoms with van der Waals surface area (Å²) in [6.45, 7) is 6.70. The van der Waals surface area contributed by atoms with Crippen LogP contribution in [0.2, 0.25) is 0 Å². The molecule has 126 valence electrons. The molecule has 1 saturated heterocycles. The molecule has 0 bridgehead atoms. The van der Waals surface area contributed by atoms with Gasteiger partial charge in [0.15, 0.2) is 0 Å². The van der Waals surface area contributed by atoms with Gasteiger partial charge in [0.05, 0.1) is 4.92 Å². The third-order valence-corrected chi connectivity index (χ3v) is 3.56. The van der Waals surface area contributed by atoms with Crippen LogP contribution in [-0.4, -0.2) is 35.7 Å². The highest BCUT2D eigenvalue weighted by molar-refractivity contribution is 5.68. The maximum atomic E-state index is 11.9. The Hall–Kier alpha value is -2.31. The van der Waals surface area contributed by atoms with Crippen LogP contribution in [0.25, 0.3) is 0 Å². The smallest absolute Gasteiger partial charge is 0.407 e. The highest BCUT2D eigenvalue weighted by atomic mass is 16.6. The number of rotatable bonds is 3. The first kappa shape index (κ1) is 17.1. The summed E-state index contributed by atoms with van der Waals surface area (Å²) >= 11 is 0. The van der Waals surface area contributed by atoms with Crippen molar-refractivity contribution in [2.24, 2.45) is 0 Å². The average molecular weight is 321 g/mol. The van der Waals surface area contributed by atoms with Crippen LogP contribution in [0.15, 0.2) is 24.3 Å². The van der Waals surface area contributed by atoms with E-state index in [-0.39, 0.29) is 16.7 Å². The Morgan fingerprint density at radius 1 is 1.39 bits per heavy atom. The molecule has 0 spiro atoms. The second-order valence-corrected chi connectivity index (χ2v) is 6.68. The zero-order chi connectivity index (χ0) is 17.0. The van der Waals surface area contributed by atoms with Crippen molar-refractivity contribution in [1.29, 1.82) is 0 Å². The normalized spacial score (nSPS) is 18.4. The average Bonchev–Trinajstić information content (AvgIpc) is 2.45. The molecule has 1 fully saturated rings. The van der Waals surface area contributed by atoms with Crippen LogP contribution in [0.5, 0.6) is 0 Å². The van der Waals surface area contributed by atoms with Crippen molar-refractivity contribution in [1.82, 2.24) is 5.32 Å². The number of nitrogens with zero attached hydrogens (tertiary/aromatic N) is 2. The standard InChI is InChI=1S/C16H23N3O4/c1-16(2,3)23-15(20)17-12-7-6-10-18(11-12)13-8-4-5-9-14(13)19(21)22/h4-5,8-9,12H,6-7,10-11H2,1-3H3,(H,17,20)/t12-/m0/s1. The fourth-order valence-electron chi connectivity index (χ4n) is 2.67. The zero-order valence-corrected chi connectivity index (χ0v) is 13.7. The lowest BCUT2D eigenvalue weighted by Gasteiger charge is -2.34. The lowest BCUT2D eigenvalue weighted by Crippen LogP contribution is -2.49. The summed E-state index contributed by atoms with van der Waals surface area (Å²) in [5.41, 5.74) is 0.134. The van der Waals surface area contributed by atoms with E-state index in [2.05, 4.69) is 5.32 Å². The Morgan fingerprint density at radius 2 is 2.09 bits per heavy atom. The van der Waals surface area contributed by atoms with E-state index in [1.807, 2.05) is 25.7 Å². The molecule has 1 N–H and O–H groups in total. The molecular weight excluding hydrogens is 298 g/mol. The van der Waals surface area contributed by atoms with Gasteiger partial charge < -0.3 is 15.0 Å². The van der Waals surface area contributed by atoms with E-state index >= 15 is 0 Å². The van der Waals surface area contributed by atoms with E-state index in [4.69, 9.17) is 4.74 Å². The lowest BCUT2D eigenvalue weighted by atomic mass is 10.0. The Labute approximate surface area is 135 Å². The maximum absolute atomic E-state index is 11.9. The van der Waals surface area contributed by atoms with E-state index in [1.165, 1.54) is 6.07 Å². The molecule has 0 aliphatic carbocycles. The summed E-state index contributed by atoms with van der Waals surface area (Å²) in [7, 11) is 0. The minimum atomic E-state index is -0.545. The van der Waals surface area contributed by atoms with Gasteiger partial charge in [-0.15, -0.1) is 0 Å². The SMILES string of the molecule is CC(C)(C)OC(=O)N[C@H]1CCCN(c2ccccc2[N+](=O)[O-])C1. The van der Waals surface area contributed by atoms with Crippen molar-refractivity contribution in [3.63, 3.8) is 0 Å². The first-order chi connectivity index (χ1) is 10.8. The van der Waals surface area contributed by atoms with Crippen LogP contribution in [0, 0.1) is 10.1 Å². The molecule has 2 rings (SSSR count). The quantitative estimate of drug-likeness (QED) is 0.683. The summed E-state index contributed by atoms with van der Waals surface area (Å²) in [6, 6.07) is 6.60. The molecule has 7 nitrogen and oxygen atoms in total. The number of ether oxygens (including phenoxy) is 1. The molecule has 0 unspecified atom stereocenters. The van der Waals surface area contributed by atoms with Crippen molar-refractivity contribution in [2.45, 2.75) is 45.3 Å². The fourth-order valence-corrected chi connectivity index (χ4v) is 2.67. The van der Waals surface area contributed by atoms with Gasteiger partial charge in [-0.05, 0) is 39.7 Å². The number of hydrogen-bond acceptors (Lipinski definition) is 5. The Kier molecular flexibility index (Phi) is 5.08. The number of piperidine rings is 1. The molecule has 0 aromatic heterocycles. The second-order valence-electron chi connectivity index (χ2n) is 6.68. The van der Waals surface area contributed by atoms with Crippen LogP contribution in [0.3, 0.4) is 0 Å². The van der Waals surface area contributed by atoms with Crippen LogP contribution >= 0.6 is 0 Å². The molecule has 1 aromatic rings. The number of benzene rings is 1. The predicted molar refractivity (Wildman–Crippen MR) is 87.7 cm³/mol. The zero-order valence-electron chi connectivity index (χ0n) is 13.7. The lowest BCUT2D eigenvalue weighted by molar-refractivity contribution is -0.384. The summed E-state index contributed by atoms with van der Waals surface area (Å²) in [5, 5.41) is 14.0. The van der Waals surface area contributed by atoms with Gasteiger partial charge in [-0.3, -0.25) is 10.1 Å². The first-order valence-corrected chi connectivity index (χ1v) is 7.74. The number of para-hydroxylation sites is 2. The highest BCUT2D eigenvalue weighted by Gasteiger charge is 2.27. The van der Waals surface area contributed by atoms with Gasteiger partial charge in [-0.2, -0.15) is 0 Å². The minimum Gasteiger partial charge on any atom is -0.444 e. The number of nitro benzene ring substituents is 1. The van der Waals surface area contributed by atoms with E-state index in [9.17, 15) is 14.9 Å². The molecule has 23 heavy (non-hydrogen) atoms. The van der Waals surface area contributed by atoms with Crippen LogP contribution < -0.4 is 10.2 Å². The molecule has 1 heterocycles. The van der Waals surface area contributed by atoms with Crippen molar-refractivity contribution >= 4 is 17.5 Å². The van der Waals surface area contributed by atoms with Gasteiger partial charge in [0.2, 0.25) is 0 Å². The first-order valence-electron chi connectivity index (χ1n) is 7.74. The van der Waals surface area contributed by atoms with E-state index in [0.717, 1.165) is 19.4 Å². The summed E-state index contributed by atoms with van der Waals surface area (Å²) in [6.07, 6.45) is 1.23. The van der Waals surface area contributed by atoms with E-state index in [0.29, 0.717) is 12.2 Å². The third-order valence-electron chi connectivity index (χ3n) is 3.56. The predicted octanol–water partition coefficient (Wildman–Crippen LogP) is 3.09. The van der Waals surface area contributed by atoms with Gasteiger partial charge in [0.1, 0.15) is 11.3 Å². The molecular formula is C16H23N3O4. The maximum Gasteiger partial charge on any atom is 0.407 e. The van der Waals surface area contributed by atoms with Gasteiger partial charge in [0, 0.05) is 25.2 Å². The Balaban J connectivity index is 2.04. The second kappa shape index (κ2) is 6.85. The highest BCUT2D eigenvalue weighted by Crippen LogP contribution is 2.29. The summed E-state index contributed by atoms with van der Waals surface area (Å²) < 4.78 is 5.27. The number of anilines is 1. The van der Waals surface area contributed by atoms with Gasteiger partial charge in [0.25, 0.3) is 5.69 Å². The van der Waals surface area contributed by atoms with Gasteiger partial charge >= 0.3 is 6.09 Å². The van der Waals surface area contributed by atoms with Crippen LogP contribution in [-0.2, 0) is 4.74 Å². The Morgan fingerprint density at radius 3 is 2.74 bits per heavy atom.